The average Bonchev–Trinajstić information content (AvgIpc) is 2.25. The van der Waals surface area contributed by atoms with Crippen LogP contribution >= 0.6 is 0 Å². The first-order valence-electron chi connectivity index (χ1n) is 6.57. The summed E-state index contributed by atoms with van der Waals surface area (Å²) in [6.07, 6.45) is 6.67. The lowest BCUT2D eigenvalue weighted by Crippen LogP contribution is -2.48. The molecule has 2 aliphatic rings. The molecule has 0 aliphatic heterocycles. The lowest BCUT2D eigenvalue weighted by molar-refractivity contribution is 0.129. The Hall–Kier alpha value is -0.820. The molecule has 16 heavy (non-hydrogen) atoms. The van der Waals surface area contributed by atoms with E-state index in [9.17, 15) is 0 Å². The first-order valence-corrected chi connectivity index (χ1v) is 6.57. The number of fused-ring (bicyclic) bond motifs is 2. The van der Waals surface area contributed by atoms with Crippen LogP contribution in [0.25, 0.3) is 0 Å². The highest BCUT2D eigenvalue weighted by Crippen LogP contribution is 2.54. The molecule has 3 rings (SSSR count). The second kappa shape index (κ2) is 3.59. The average molecular weight is 215 g/mol. The van der Waals surface area contributed by atoms with E-state index in [-0.39, 0.29) is 0 Å². The molecule has 86 valence electrons. The summed E-state index contributed by atoms with van der Waals surface area (Å²) in [6, 6.07) is 6.85. The third-order valence-corrected chi connectivity index (χ3v) is 5.00. The van der Waals surface area contributed by atoms with Gasteiger partial charge in [0, 0.05) is 0 Å². The fourth-order valence-electron chi connectivity index (χ4n) is 3.89. The molecular weight excluding hydrogens is 194 g/mol. The Balaban J connectivity index is 2.12. The molecule has 1 fully saturated rings. The van der Waals surface area contributed by atoms with Crippen LogP contribution in [0.1, 0.15) is 42.4 Å². The summed E-state index contributed by atoms with van der Waals surface area (Å²) >= 11 is 0. The quantitative estimate of drug-likeness (QED) is 0.766. The van der Waals surface area contributed by atoms with Crippen molar-refractivity contribution in [2.45, 2.75) is 44.4 Å². The van der Waals surface area contributed by atoms with Gasteiger partial charge in [-0.3, -0.25) is 0 Å². The molecule has 1 saturated carbocycles. The van der Waals surface area contributed by atoms with Gasteiger partial charge in [0.1, 0.15) is 0 Å². The predicted molar refractivity (Wildman–Crippen MR) is 67.6 cm³/mol. The number of benzene rings is 1. The summed E-state index contributed by atoms with van der Waals surface area (Å²) in [7, 11) is 0. The van der Waals surface area contributed by atoms with E-state index in [0.717, 1.165) is 12.5 Å². The molecule has 2 N–H and O–H groups in total. The molecule has 1 nitrogen and oxygen atoms in total. The minimum atomic E-state index is 0.467. The lowest BCUT2D eigenvalue weighted by atomic mass is 9.53. The third-order valence-electron chi connectivity index (χ3n) is 5.00. The number of rotatable bonds is 1. The maximum Gasteiger partial charge on any atom is -0.000380 e. The molecule has 0 bridgehead atoms. The van der Waals surface area contributed by atoms with Crippen molar-refractivity contribution in [3.8, 4) is 0 Å². The molecule has 2 aliphatic carbocycles. The van der Waals surface area contributed by atoms with Gasteiger partial charge in [0.2, 0.25) is 0 Å². The van der Waals surface area contributed by atoms with Crippen LogP contribution in [0, 0.1) is 12.8 Å². The van der Waals surface area contributed by atoms with Crippen molar-refractivity contribution in [2.75, 3.05) is 6.54 Å². The van der Waals surface area contributed by atoms with Crippen molar-refractivity contribution in [3.05, 3.63) is 34.9 Å². The van der Waals surface area contributed by atoms with E-state index in [0.29, 0.717) is 5.41 Å². The van der Waals surface area contributed by atoms with Crippen molar-refractivity contribution in [2.24, 2.45) is 11.7 Å². The monoisotopic (exact) mass is 215 g/mol. The fourth-order valence-corrected chi connectivity index (χ4v) is 3.89. The molecule has 1 spiro atoms. The number of aryl methyl sites for hydroxylation is 1. The zero-order chi connectivity index (χ0) is 11.2. The summed E-state index contributed by atoms with van der Waals surface area (Å²) in [4.78, 5) is 0. The van der Waals surface area contributed by atoms with Crippen LogP contribution in [0.5, 0.6) is 0 Å². The third kappa shape index (κ3) is 1.21. The molecule has 0 radical (unpaired) electrons. The highest BCUT2D eigenvalue weighted by molar-refractivity contribution is 5.44. The van der Waals surface area contributed by atoms with Gasteiger partial charge in [0.05, 0.1) is 0 Å². The van der Waals surface area contributed by atoms with Crippen LogP contribution in [0.2, 0.25) is 0 Å². The maximum absolute atomic E-state index is 5.98. The number of nitrogens with two attached hydrogens (primary N) is 1. The van der Waals surface area contributed by atoms with Crippen molar-refractivity contribution >= 4 is 0 Å². The molecule has 1 unspecified atom stereocenters. The molecule has 0 heterocycles. The zero-order valence-corrected chi connectivity index (χ0v) is 10.1. The van der Waals surface area contributed by atoms with E-state index in [2.05, 4.69) is 25.1 Å². The number of hydrogen-bond acceptors (Lipinski definition) is 1. The Bertz CT molecular complexity index is 404. The molecule has 0 saturated heterocycles. The van der Waals surface area contributed by atoms with Crippen LogP contribution in [-0.4, -0.2) is 6.54 Å². The Kier molecular flexibility index (Phi) is 2.32. The smallest absolute Gasteiger partial charge is 0.000380 e. The van der Waals surface area contributed by atoms with Gasteiger partial charge in [0.25, 0.3) is 0 Å². The molecule has 1 aromatic rings. The summed E-state index contributed by atoms with van der Waals surface area (Å²) in [5.74, 6) is 0.732. The summed E-state index contributed by atoms with van der Waals surface area (Å²) < 4.78 is 0. The SMILES string of the molecule is Cc1cccc2c1CCC(CN)C21CCC1. The number of hydrogen-bond donors (Lipinski definition) is 1. The van der Waals surface area contributed by atoms with Crippen molar-refractivity contribution in [1.82, 2.24) is 0 Å². The fraction of sp³-hybridized carbons (Fsp3) is 0.600. The van der Waals surface area contributed by atoms with Gasteiger partial charge >= 0.3 is 0 Å². The Morgan fingerprint density at radius 1 is 1.38 bits per heavy atom. The summed E-state index contributed by atoms with van der Waals surface area (Å²) in [5.41, 5.74) is 11.2. The van der Waals surface area contributed by atoms with Gasteiger partial charge in [-0.1, -0.05) is 24.6 Å². The molecule has 1 atom stereocenters. The van der Waals surface area contributed by atoms with Crippen LogP contribution in [0.3, 0.4) is 0 Å². The Morgan fingerprint density at radius 3 is 2.81 bits per heavy atom. The van der Waals surface area contributed by atoms with Crippen LogP contribution < -0.4 is 5.73 Å². The first-order chi connectivity index (χ1) is 7.78. The molecule has 1 heteroatoms. The summed E-state index contributed by atoms with van der Waals surface area (Å²) in [5, 5.41) is 0. The minimum absolute atomic E-state index is 0.467. The van der Waals surface area contributed by atoms with Crippen LogP contribution in [0.15, 0.2) is 18.2 Å². The summed E-state index contributed by atoms with van der Waals surface area (Å²) in [6.45, 7) is 3.13. The highest BCUT2D eigenvalue weighted by atomic mass is 14.6. The van der Waals surface area contributed by atoms with Crippen molar-refractivity contribution in [3.63, 3.8) is 0 Å². The van der Waals surface area contributed by atoms with E-state index in [4.69, 9.17) is 5.73 Å². The largest absolute Gasteiger partial charge is 0.330 e. The van der Waals surface area contributed by atoms with Gasteiger partial charge in [-0.25, -0.2) is 0 Å². The molecular formula is C15H21N. The van der Waals surface area contributed by atoms with Gasteiger partial charge in [-0.15, -0.1) is 0 Å². The zero-order valence-electron chi connectivity index (χ0n) is 10.1. The highest BCUT2D eigenvalue weighted by Gasteiger charge is 2.47. The Morgan fingerprint density at radius 2 is 2.19 bits per heavy atom. The lowest BCUT2D eigenvalue weighted by Gasteiger charge is -2.52. The Labute approximate surface area is 98.0 Å². The topological polar surface area (TPSA) is 26.0 Å². The maximum atomic E-state index is 5.98. The van der Waals surface area contributed by atoms with Gasteiger partial charge in [-0.05, 0) is 67.2 Å². The van der Waals surface area contributed by atoms with Crippen molar-refractivity contribution in [1.29, 1.82) is 0 Å². The normalized spacial score (nSPS) is 26.2. The van der Waals surface area contributed by atoms with Gasteiger partial charge < -0.3 is 5.73 Å². The van der Waals surface area contributed by atoms with Crippen LogP contribution in [0.4, 0.5) is 0 Å². The van der Waals surface area contributed by atoms with Gasteiger partial charge in [-0.2, -0.15) is 0 Å². The molecule has 0 amide bonds. The van der Waals surface area contributed by atoms with Crippen LogP contribution in [-0.2, 0) is 11.8 Å². The van der Waals surface area contributed by atoms with E-state index >= 15 is 0 Å². The minimum Gasteiger partial charge on any atom is -0.330 e. The van der Waals surface area contributed by atoms with Gasteiger partial charge in [0.15, 0.2) is 0 Å². The standard InChI is InChI=1S/C15H21N/c1-11-4-2-5-14-13(11)7-6-12(10-16)15(14)8-3-9-15/h2,4-5,12H,3,6-10,16H2,1H3. The van der Waals surface area contributed by atoms with E-state index in [1.807, 2.05) is 0 Å². The predicted octanol–water partition coefficient (Wildman–Crippen LogP) is 2.94. The second-order valence-corrected chi connectivity index (χ2v) is 5.58. The van der Waals surface area contributed by atoms with E-state index < -0.39 is 0 Å². The van der Waals surface area contributed by atoms with Crippen molar-refractivity contribution < 1.29 is 0 Å². The van der Waals surface area contributed by atoms with E-state index in [1.165, 1.54) is 37.7 Å². The molecule has 1 aromatic carbocycles. The van der Waals surface area contributed by atoms with E-state index in [1.54, 1.807) is 11.1 Å². The first kappa shape index (κ1) is 10.3. The molecule has 0 aromatic heterocycles. The second-order valence-electron chi connectivity index (χ2n) is 5.58.